The molecule has 1 rings (SSSR count). The molecule has 0 radical (unpaired) electrons. The van der Waals surface area contributed by atoms with Crippen LogP contribution in [0.25, 0.3) is 0 Å². The fourth-order valence-electron chi connectivity index (χ4n) is 0.990. The summed E-state index contributed by atoms with van der Waals surface area (Å²) in [5.74, 6) is -0.779. The minimum Gasteiger partial charge on any atom is -0.467 e. The molecule has 0 bridgehead atoms. The Bertz CT molecular complexity index is 341. The summed E-state index contributed by atoms with van der Waals surface area (Å²) in [5, 5.41) is 9.93. The Hall–Kier alpha value is -0.620. The maximum Gasteiger partial charge on any atom is 0.344 e. The summed E-state index contributed by atoms with van der Waals surface area (Å²) >= 11 is 6.78. The molecular weight excluding hydrogens is 226 g/mol. The smallest absolute Gasteiger partial charge is 0.344 e. The van der Waals surface area contributed by atoms with Crippen molar-refractivity contribution in [3.63, 3.8) is 0 Å². The largest absolute Gasteiger partial charge is 0.467 e. The third kappa shape index (κ3) is 1.90. The van der Waals surface area contributed by atoms with E-state index < -0.39 is 11.6 Å². The maximum absolute atomic E-state index is 11.3. The number of carbonyl (C=O) groups excluding carboxylic acids is 1. The Kier molecular flexibility index (Phi) is 3.49. The van der Waals surface area contributed by atoms with Gasteiger partial charge in [0.2, 0.25) is 5.60 Å². The SMILES string of the molecule is COC(=O)C(O)(CN)c1ccc(Cl)s1. The molecule has 78 valence electrons. The van der Waals surface area contributed by atoms with Crippen LogP contribution in [-0.4, -0.2) is 24.7 Å². The molecule has 0 aliphatic carbocycles. The predicted octanol–water partition coefficient (Wildman–Crippen LogP) is 0.721. The lowest BCUT2D eigenvalue weighted by molar-refractivity contribution is -0.162. The summed E-state index contributed by atoms with van der Waals surface area (Å²) in [4.78, 5) is 11.7. The summed E-state index contributed by atoms with van der Waals surface area (Å²) in [5.41, 5.74) is 3.55. The van der Waals surface area contributed by atoms with Crippen molar-refractivity contribution >= 4 is 28.9 Å². The van der Waals surface area contributed by atoms with Crippen LogP contribution in [0.1, 0.15) is 4.88 Å². The van der Waals surface area contributed by atoms with Gasteiger partial charge in [0.25, 0.3) is 0 Å². The monoisotopic (exact) mass is 235 g/mol. The quantitative estimate of drug-likeness (QED) is 0.758. The fourth-order valence-corrected chi connectivity index (χ4v) is 2.12. The molecule has 14 heavy (non-hydrogen) atoms. The van der Waals surface area contributed by atoms with Gasteiger partial charge < -0.3 is 15.6 Å². The number of methoxy groups -OCH3 is 1. The van der Waals surface area contributed by atoms with E-state index in [0.717, 1.165) is 11.3 Å². The van der Waals surface area contributed by atoms with Gasteiger partial charge in [0.1, 0.15) is 0 Å². The third-order valence-electron chi connectivity index (χ3n) is 1.80. The summed E-state index contributed by atoms with van der Waals surface area (Å²) in [6.07, 6.45) is 0. The highest BCUT2D eigenvalue weighted by Crippen LogP contribution is 2.31. The molecule has 1 atom stereocenters. The molecule has 1 heterocycles. The van der Waals surface area contributed by atoms with Gasteiger partial charge in [-0.3, -0.25) is 0 Å². The number of thiophene rings is 1. The van der Waals surface area contributed by atoms with E-state index in [1.807, 2.05) is 0 Å². The lowest BCUT2D eigenvalue weighted by Crippen LogP contribution is -2.43. The first-order valence-electron chi connectivity index (χ1n) is 3.81. The molecule has 4 nitrogen and oxygen atoms in total. The third-order valence-corrected chi connectivity index (χ3v) is 3.18. The Morgan fingerprint density at radius 2 is 2.43 bits per heavy atom. The number of hydrogen-bond donors (Lipinski definition) is 2. The number of rotatable bonds is 3. The first-order chi connectivity index (χ1) is 6.54. The number of aliphatic hydroxyl groups is 1. The molecule has 0 saturated carbocycles. The van der Waals surface area contributed by atoms with Crippen LogP contribution in [0.15, 0.2) is 12.1 Å². The van der Waals surface area contributed by atoms with Crippen LogP contribution >= 0.6 is 22.9 Å². The van der Waals surface area contributed by atoms with Gasteiger partial charge in [0.05, 0.1) is 16.3 Å². The van der Waals surface area contributed by atoms with E-state index in [1.165, 1.54) is 7.11 Å². The van der Waals surface area contributed by atoms with Crippen LogP contribution in [0.3, 0.4) is 0 Å². The second-order valence-corrected chi connectivity index (χ2v) is 4.37. The van der Waals surface area contributed by atoms with Gasteiger partial charge in [-0.25, -0.2) is 4.79 Å². The number of hydrogen-bond acceptors (Lipinski definition) is 5. The Morgan fingerprint density at radius 1 is 1.79 bits per heavy atom. The normalized spacial score (nSPS) is 14.9. The van der Waals surface area contributed by atoms with Crippen molar-refractivity contribution in [2.75, 3.05) is 13.7 Å². The van der Waals surface area contributed by atoms with Crippen LogP contribution in [0.2, 0.25) is 4.34 Å². The molecule has 0 fully saturated rings. The van der Waals surface area contributed by atoms with Crippen LogP contribution in [0.4, 0.5) is 0 Å². The molecule has 0 amide bonds. The lowest BCUT2D eigenvalue weighted by Gasteiger charge is -2.21. The molecular formula is C8H10ClNO3S. The van der Waals surface area contributed by atoms with E-state index in [1.54, 1.807) is 12.1 Å². The molecule has 0 saturated heterocycles. The van der Waals surface area contributed by atoms with Gasteiger partial charge >= 0.3 is 5.97 Å². The number of halogens is 1. The highest BCUT2D eigenvalue weighted by molar-refractivity contribution is 7.16. The van der Waals surface area contributed by atoms with Gasteiger partial charge in [-0.05, 0) is 12.1 Å². The zero-order valence-electron chi connectivity index (χ0n) is 7.49. The van der Waals surface area contributed by atoms with Crippen molar-refractivity contribution in [2.45, 2.75) is 5.60 Å². The zero-order valence-corrected chi connectivity index (χ0v) is 9.06. The number of ether oxygens (including phenoxy) is 1. The van der Waals surface area contributed by atoms with E-state index in [-0.39, 0.29) is 6.54 Å². The molecule has 0 aromatic carbocycles. The van der Waals surface area contributed by atoms with Gasteiger partial charge in [-0.15, -0.1) is 11.3 Å². The maximum atomic E-state index is 11.3. The van der Waals surface area contributed by atoms with Crippen LogP contribution in [-0.2, 0) is 15.1 Å². The lowest BCUT2D eigenvalue weighted by atomic mass is 10.0. The van der Waals surface area contributed by atoms with E-state index in [9.17, 15) is 9.90 Å². The van der Waals surface area contributed by atoms with Crippen LogP contribution < -0.4 is 5.73 Å². The minimum atomic E-state index is -1.79. The first-order valence-corrected chi connectivity index (χ1v) is 5.00. The van der Waals surface area contributed by atoms with E-state index in [2.05, 4.69) is 4.74 Å². The Morgan fingerprint density at radius 3 is 2.79 bits per heavy atom. The molecule has 3 N–H and O–H groups in total. The first kappa shape index (κ1) is 11.5. The standard InChI is InChI=1S/C8H10ClNO3S/c1-13-7(11)8(12,4-10)5-2-3-6(9)14-5/h2-3,12H,4,10H2,1H3. The summed E-state index contributed by atoms with van der Waals surface area (Å²) in [6.45, 7) is -0.240. The van der Waals surface area contributed by atoms with E-state index in [4.69, 9.17) is 17.3 Å². The average molecular weight is 236 g/mol. The van der Waals surface area contributed by atoms with Gasteiger partial charge in [-0.1, -0.05) is 11.6 Å². The van der Waals surface area contributed by atoms with Crippen LogP contribution in [0.5, 0.6) is 0 Å². The highest BCUT2D eigenvalue weighted by Gasteiger charge is 2.39. The topological polar surface area (TPSA) is 72.5 Å². The Balaban J connectivity index is 3.07. The fraction of sp³-hybridized carbons (Fsp3) is 0.375. The summed E-state index contributed by atoms with van der Waals surface area (Å²) in [7, 11) is 1.19. The number of carbonyl (C=O) groups is 1. The van der Waals surface area contributed by atoms with Crippen molar-refractivity contribution in [1.29, 1.82) is 0 Å². The van der Waals surface area contributed by atoms with E-state index in [0.29, 0.717) is 9.21 Å². The minimum absolute atomic E-state index is 0.240. The molecule has 0 aliphatic heterocycles. The van der Waals surface area contributed by atoms with Crippen molar-refractivity contribution in [3.05, 3.63) is 21.3 Å². The van der Waals surface area contributed by atoms with Gasteiger partial charge in [-0.2, -0.15) is 0 Å². The van der Waals surface area contributed by atoms with Crippen molar-refractivity contribution in [1.82, 2.24) is 0 Å². The average Bonchev–Trinajstić information content (AvgIpc) is 2.62. The van der Waals surface area contributed by atoms with Gasteiger partial charge in [0.15, 0.2) is 0 Å². The number of nitrogens with two attached hydrogens (primary N) is 1. The molecule has 1 unspecified atom stereocenters. The van der Waals surface area contributed by atoms with E-state index >= 15 is 0 Å². The molecule has 0 aliphatic rings. The van der Waals surface area contributed by atoms with Crippen molar-refractivity contribution in [3.8, 4) is 0 Å². The zero-order chi connectivity index (χ0) is 10.8. The van der Waals surface area contributed by atoms with Crippen molar-refractivity contribution in [2.24, 2.45) is 5.73 Å². The highest BCUT2D eigenvalue weighted by atomic mass is 35.5. The Labute approximate surface area is 90.2 Å². The second kappa shape index (κ2) is 4.27. The van der Waals surface area contributed by atoms with Crippen LogP contribution in [0, 0.1) is 0 Å². The van der Waals surface area contributed by atoms with Gasteiger partial charge in [0, 0.05) is 6.54 Å². The summed E-state index contributed by atoms with van der Waals surface area (Å²) < 4.78 is 4.95. The molecule has 0 spiro atoms. The predicted molar refractivity (Wildman–Crippen MR) is 54.3 cm³/mol. The molecule has 1 aromatic heterocycles. The summed E-state index contributed by atoms with van der Waals surface area (Å²) in [6, 6.07) is 3.14. The van der Waals surface area contributed by atoms with Crippen molar-refractivity contribution < 1.29 is 14.6 Å². The molecule has 6 heteroatoms. The number of esters is 1. The second-order valence-electron chi connectivity index (χ2n) is 2.66. The molecule has 1 aromatic rings.